The van der Waals surface area contributed by atoms with E-state index in [4.69, 9.17) is 51.1 Å². The Morgan fingerprint density at radius 2 is 1.39 bits per heavy atom. The van der Waals surface area contributed by atoms with E-state index in [-0.39, 0.29) is 36.0 Å². The summed E-state index contributed by atoms with van der Waals surface area (Å²) in [6, 6.07) is 2.28. The van der Waals surface area contributed by atoms with Crippen LogP contribution in [-0.4, -0.2) is 62.3 Å². The largest absolute Gasteiger partial charge is 0.462 e. The van der Waals surface area contributed by atoms with Crippen molar-refractivity contribution in [1.29, 1.82) is 0 Å². The molecule has 1 atom stereocenters. The summed E-state index contributed by atoms with van der Waals surface area (Å²) < 4.78 is 46.7. The summed E-state index contributed by atoms with van der Waals surface area (Å²) in [6.45, 7) is 5.30. The molecule has 0 unspecified atom stereocenters. The van der Waals surface area contributed by atoms with Gasteiger partial charge in [-0.2, -0.15) is 13.2 Å². The third kappa shape index (κ3) is 7.48. The van der Waals surface area contributed by atoms with Crippen molar-refractivity contribution in [2.24, 2.45) is 5.92 Å². The van der Waals surface area contributed by atoms with Crippen LogP contribution < -0.4 is 9.80 Å². The molecule has 0 N–H and O–H groups in total. The zero-order chi connectivity index (χ0) is 24.6. The van der Waals surface area contributed by atoms with E-state index in [2.05, 4.69) is 6.58 Å². The second kappa shape index (κ2) is 13.2. The third-order valence-corrected chi connectivity index (χ3v) is 6.22. The smallest absolute Gasteiger partial charge is 0.416 e. The highest BCUT2D eigenvalue weighted by atomic mass is 35.5. The first-order valence-corrected chi connectivity index (χ1v) is 12.7. The fraction of sp³-hybridized carbons (Fsp3) is 0.591. The first-order valence-electron chi connectivity index (χ1n) is 10.5. The summed E-state index contributed by atoms with van der Waals surface area (Å²) in [5.41, 5.74) is 1.11. The zero-order valence-corrected chi connectivity index (χ0v) is 21.1. The van der Waals surface area contributed by atoms with Gasteiger partial charge in [0.25, 0.3) is 0 Å². The molecule has 11 heteroatoms. The van der Waals surface area contributed by atoms with Crippen LogP contribution in [0.3, 0.4) is 0 Å². The molecule has 1 aliphatic heterocycles. The van der Waals surface area contributed by atoms with Crippen molar-refractivity contribution in [2.75, 3.05) is 66.1 Å². The minimum Gasteiger partial charge on any atom is -0.462 e. The van der Waals surface area contributed by atoms with Crippen LogP contribution >= 0.6 is 46.4 Å². The quantitative estimate of drug-likeness (QED) is 0.173. The van der Waals surface area contributed by atoms with Gasteiger partial charge in [0.15, 0.2) is 0 Å². The van der Waals surface area contributed by atoms with Crippen LogP contribution in [0, 0.1) is 5.92 Å². The van der Waals surface area contributed by atoms with Crippen LogP contribution in [0.2, 0.25) is 0 Å². The van der Waals surface area contributed by atoms with E-state index in [0.29, 0.717) is 61.5 Å². The number of carbonyl (C=O) groups excluding carboxylic acids is 1. The highest BCUT2D eigenvalue weighted by Gasteiger charge is 2.35. The maximum absolute atomic E-state index is 13.9. The number of hydrogen-bond donors (Lipinski definition) is 0. The number of halogens is 7. The summed E-state index contributed by atoms with van der Waals surface area (Å²) in [7, 11) is 0. The van der Waals surface area contributed by atoms with Gasteiger partial charge in [0, 0.05) is 72.6 Å². The van der Waals surface area contributed by atoms with E-state index < -0.39 is 17.7 Å². The van der Waals surface area contributed by atoms with Crippen LogP contribution in [0.15, 0.2) is 24.3 Å². The standard InChI is InChI=1S/C22H27Cl4F3N2O2/c1-15-16(14-33-21(15)32)2-3-18-19(30(8-4-23)9-5-24)12-17(22(27,28)29)13-20(18)31(10-6-25)11-7-26/h12-13,16H,1-11,14H2/t16-/m1/s1. The number of alkyl halides is 7. The molecule has 2 rings (SSSR count). The first-order chi connectivity index (χ1) is 15.7. The molecule has 186 valence electrons. The number of nitrogens with zero attached hydrogens (tertiary/aromatic N) is 2. The third-order valence-electron chi connectivity index (χ3n) is 5.54. The molecule has 0 amide bonds. The maximum Gasteiger partial charge on any atom is 0.416 e. The molecule has 0 aromatic heterocycles. The van der Waals surface area contributed by atoms with Crippen LogP contribution in [-0.2, 0) is 22.1 Å². The number of hydrogen-bond acceptors (Lipinski definition) is 4. The van der Waals surface area contributed by atoms with Crippen LogP contribution in [0.1, 0.15) is 17.5 Å². The fourth-order valence-corrected chi connectivity index (χ4v) is 4.67. The van der Waals surface area contributed by atoms with E-state index >= 15 is 0 Å². The molecule has 0 spiro atoms. The van der Waals surface area contributed by atoms with E-state index in [1.807, 2.05) is 0 Å². The van der Waals surface area contributed by atoms with Crippen LogP contribution in [0.25, 0.3) is 0 Å². The highest BCUT2D eigenvalue weighted by Crippen LogP contribution is 2.41. The summed E-state index contributed by atoms with van der Waals surface area (Å²) >= 11 is 23.9. The van der Waals surface area contributed by atoms with Gasteiger partial charge in [-0.3, -0.25) is 0 Å². The van der Waals surface area contributed by atoms with Crippen molar-refractivity contribution in [3.8, 4) is 0 Å². The molecule has 0 bridgehead atoms. The van der Waals surface area contributed by atoms with Gasteiger partial charge in [-0.05, 0) is 30.5 Å². The zero-order valence-electron chi connectivity index (χ0n) is 18.1. The number of benzene rings is 1. The fourth-order valence-electron chi connectivity index (χ4n) is 3.85. The Hall–Kier alpha value is -1.02. The number of cyclic esters (lactones) is 1. The molecule has 1 aromatic rings. The first kappa shape index (κ1) is 28.2. The average molecular weight is 550 g/mol. The lowest BCUT2D eigenvalue weighted by atomic mass is 9.92. The van der Waals surface area contributed by atoms with Crippen molar-refractivity contribution in [3.05, 3.63) is 35.4 Å². The Labute approximate surface area is 212 Å². The summed E-state index contributed by atoms with van der Waals surface area (Å²) in [6.07, 6.45) is -3.67. The van der Waals surface area contributed by atoms with Crippen molar-refractivity contribution >= 4 is 63.7 Å². The molecule has 1 fully saturated rings. The SMILES string of the molecule is C=C1C(=O)OC[C@H]1CCc1c(N(CCCl)CCCl)cc(C(F)(F)F)cc1N(CCCl)CCCl. The summed E-state index contributed by atoms with van der Waals surface area (Å²) in [5.74, 6) is 0.232. The lowest BCUT2D eigenvalue weighted by Gasteiger charge is -2.33. The van der Waals surface area contributed by atoms with E-state index in [1.54, 1.807) is 9.80 Å². The Kier molecular flexibility index (Phi) is 11.3. The Bertz CT molecular complexity index is 774. The summed E-state index contributed by atoms with van der Waals surface area (Å²) in [5, 5.41) is 0. The molecular formula is C22H27Cl4F3N2O2. The molecule has 1 aliphatic rings. The lowest BCUT2D eigenvalue weighted by molar-refractivity contribution is -0.137. The number of rotatable bonds is 13. The second-order valence-corrected chi connectivity index (χ2v) is 9.09. The van der Waals surface area contributed by atoms with Gasteiger partial charge in [-0.1, -0.05) is 6.58 Å². The molecule has 1 heterocycles. The summed E-state index contributed by atoms with van der Waals surface area (Å²) in [4.78, 5) is 15.2. The molecular weight excluding hydrogens is 523 g/mol. The molecule has 0 aliphatic carbocycles. The number of carbonyl (C=O) groups is 1. The second-order valence-electron chi connectivity index (χ2n) is 7.58. The van der Waals surface area contributed by atoms with Crippen LogP contribution in [0.4, 0.5) is 24.5 Å². The van der Waals surface area contributed by atoms with Crippen molar-refractivity contribution in [1.82, 2.24) is 0 Å². The number of esters is 1. The Balaban J connectivity index is 2.64. The molecule has 33 heavy (non-hydrogen) atoms. The van der Waals surface area contributed by atoms with Gasteiger partial charge in [0.1, 0.15) is 0 Å². The van der Waals surface area contributed by atoms with E-state index in [1.165, 1.54) is 0 Å². The average Bonchev–Trinajstić information content (AvgIpc) is 3.08. The van der Waals surface area contributed by atoms with E-state index in [9.17, 15) is 18.0 Å². The van der Waals surface area contributed by atoms with Crippen molar-refractivity contribution in [2.45, 2.75) is 19.0 Å². The van der Waals surface area contributed by atoms with Gasteiger partial charge in [0.05, 0.1) is 12.2 Å². The Morgan fingerprint density at radius 3 is 1.73 bits per heavy atom. The molecule has 1 aromatic carbocycles. The van der Waals surface area contributed by atoms with Gasteiger partial charge >= 0.3 is 12.1 Å². The molecule has 4 nitrogen and oxygen atoms in total. The van der Waals surface area contributed by atoms with Gasteiger partial charge in [0.2, 0.25) is 0 Å². The van der Waals surface area contributed by atoms with Crippen molar-refractivity contribution < 1.29 is 22.7 Å². The molecule has 1 saturated heterocycles. The normalized spacial score (nSPS) is 16.3. The van der Waals surface area contributed by atoms with Gasteiger partial charge < -0.3 is 14.5 Å². The maximum atomic E-state index is 13.9. The van der Waals surface area contributed by atoms with Gasteiger partial charge in [-0.25, -0.2) is 4.79 Å². The Morgan fingerprint density at radius 1 is 0.939 bits per heavy atom. The van der Waals surface area contributed by atoms with E-state index in [0.717, 1.165) is 12.1 Å². The minimum absolute atomic E-state index is 0.204. The number of anilines is 2. The van der Waals surface area contributed by atoms with Gasteiger partial charge in [-0.15, -0.1) is 46.4 Å². The number of ether oxygens (including phenoxy) is 1. The van der Waals surface area contributed by atoms with Crippen molar-refractivity contribution in [3.63, 3.8) is 0 Å². The monoisotopic (exact) mass is 548 g/mol. The van der Waals surface area contributed by atoms with Crippen LogP contribution in [0.5, 0.6) is 0 Å². The molecule has 0 radical (unpaired) electrons. The lowest BCUT2D eigenvalue weighted by Crippen LogP contribution is -2.32. The predicted molar refractivity (Wildman–Crippen MR) is 131 cm³/mol. The molecule has 0 saturated carbocycles. The highest BCUT2D eigenvalue weighted by molar-refractivity contribution is 6.19. The predicted octanol–water partition coefficient (Wildman–Crippen LogP) is 5.94. The topological polar surface area (TPSA) is 32.8 Å². The minimum atomic E-state index is -4.55.